The van der Waals surface area contributed by atoms with Crippen molar-refractivity contribution in [3.8, 4) is 0 Å². The van der Waals surface area contributed by atoms with Crippen LogP contribution < -0.4 is 5.73 Å². The average molecular weight is 255 g/mol. The number of nitrogens with two attached hydrogens (primary N) is 1. The van der Waals surface area contributed by atoms with E-state index in [0.29, 0.717) is 0 Å². The lowest BCUT2D eigenvalue weighted by Gasteiger charge is -2.06. The molecule has 0 radical (unpaired) electrons. The predicted octanol–water partition coefficient (Wildman–Crippen LogP) is 2.80. The first-order chi connectivity index (χ1) is 9.22. The van der Waals surface area contributed by atoms with Crippen molar-refractivity contribution in [2.45, 2.75) is 18.9 Å². The van der Waals surface area contributed by atoms with Gasteiger partial charge in [-0.25, -0.2) is 0 Å². The zero-order valence-corrected chi connectivity index (χ0v) is 10.9. The molecule has 3 rings (SSSR count). The number of benzene rings is 1. The maximum absolute atomic E-state index is 6.19. The van der Waals surface area contributed by atoms with Crippen molar-refractivity contribution in [2.75, 3.05) is 0 Å². The van der Waals surface area contributed by atoms with Gasteiger partial charge < -0.3 is 10.2 Å². The minimum Gasteiger partial charge on any atom is -0.459 e. The van der Waals surface area contributed by atoms with E-state index in [-0.39, 0.29) is 6.04 Å². The fourth-order valence-electron chi connectivity index (χ4n) is 2.25. The molecule has 98 valence electrons. The number of fused-ring (bicyclic) bond motifs is 1. The summed E-state index contributed by atoms with van der Waals surface area (Å²) in [5.41, 5.74) is 8.29. The quantitative estimate of drug-likeness (QED) is 0.780. The molecule has 4 nitrogen and oxygen atoms in total. The fraction of sp³-hybridized carbons (Fsp3) is 0.267. The maximum Gasteiger partial charge on any atom is 0.134 e. The third-order valence-corrected chi connectivity index (χ3v) is 3.31. The Hall–Kier alpha value is -2.07. The van der Waals surface area contributed by atoms with Gasteiger partial charge in [0, 0.05) is 18.6 Å². The largest absolute Gasteiger partial charge is 0.459 e. The lowest BCUT2D eigenvalue weighted by Crippen LogP contribution is -2.10. The third kappa shape index (κ3) is 2.53. The lowest BCUT2D eigenvalue weighted by molar-refractivity contribution is 0.478. The molecule has 0 aliphatic carbocycles. The molecule has 3 aromatic rings. The molecule has 19 heavy (non-hydrogen) atoms. The average Bonchev–Trinajstić information content (AvgIpc) is 3.01. The van der Waals surface area contributed by atoms with Crippen LogP contribution >= 0.6 is 0 Å². The van der Waals surface area contributed by atoms with Gasteiger partial charge >= 0.3 is 0 Å². The molecule has 1 atom stereocenters. The van der Waals surface area contributed by atoms with Crippen molar-refractivity contribution >= 4 is 11.0 Å². The van der Waals surface area contributed by atoms with Crippen molar-refractivity contribution in [1.82, 2.24) is 9.78 Å². The SMILES string of the molecule is Cn1cc(CCC(N)c2cc3ccccc3o2)cn1. The van der Waals surface area contributed by atoms with Crippen molar-refractivity contribution in [3.63, 3.8) is 0 Å². The van der Waals surface area contributed by atoms with Crippen LogP contribution in [0.4, 0.5) is 0 Å². The molecule has 0 fully saturated rings. The van der Waals surface area contributed by atoms with Crippen LogP contribution in [0.3, 0.4) is 0 Å². The molecule has 1 unspecified atom stereocenters. The van der Waals surface area contributed by atoms with Gasteiger partial charge in [-0.3, -0.25) is 4.68 Å². The predicted molar refractivity (Wildman–Crippen MR) is 74.7 cm³/mol. The van der Waals surface area contributed by atoms with Crippen LogP contribution in [-0.2, 0) is 13.5 Å². The van der Waals surface area contributed by atoms with Crippen LogP contribution in [0, 0.1) is 0 Å². The zero-order chi connectivity index (χ0) is 13.2. The Morgan fingerprint density at radius 3 is 2.95 bits per heavy atom. The van der Waals surface area contributed by atoms with E-state index >= 15 is 0 Å². The van der Waals surface area contributed by atoms with E-state index in [1.165, 1.54) is 5.56 Å². The summed E-state index contributed by atoms with van der Waals surface area (Å²) < 4.78 is 7.59. The third-order valence-electron chi connectivity index (χ3n) is 3.31. The summed E-state index contributed by atoms with van der Waals surface area (Å²) in [4.78, 5) is 0. The summed E-state index contributed by atoms with van der Waals surface area (Å²) in [6.45, 7) is 0. The van der Waals surface area contributed by atoms with Gasteiger partial charge in [-0.2, -0.15) is 5.10 Å². The highest BCUT2D eigenvalue weighted by Gasteiger charge is 2.12. The van der Waals surface area contributed by atoms with Crippen molar-refractivity contribution in [3.05, 3.63) is 54.0 Å². The fourth-order valence-corrected chi connectivity index (χ4v) is 2.25. The Morgan fingerprint density at radius 2 is 2.21 bits per heavy atom. The van der Waals surface area contributed by atoms with E-state index in [0.717, 1.165) is 29.6 Å². The second-order valence-corrected chi connectivity index (χ2v) is 4.85. The summed E-state index contributed by atoms with van der Waals surface area (Å²) in [6.07, 6.45) is 5.66. The van der Waals surface area contributed by atoms with Gasteiger partial charge in [-0.15, -0.1) is 0 Å². The van der Waals surface area contributed by atoms with E-state index in [9.17, 15) is 0 Å². The molecule has 0 amide bonds. The normalized spacial score (nSPS) is 12.9. The number of nitrogens with zero attached hydrogens (tertiary/aromatic N) is 2. The molecule has 0 spiro atoms. The Bertz CT molecular complexity index is 650. The molecule has 1 aromatic carbocycles. The number of rotatable bonds is 4. The second kappa shape index (κ2) is 4.90. The molecule has 0 aliphatic rings. The molecule has 0 saturated carbocycles. The molecular formula is C15H17N3O. The summed E-state index contributed by atoms with van der Waals surface area (Å²) in [5, 5.41) is 5.26. The van der Waals surface area contributed by atoms with Crippen LogP contribution in [0.15, 0.2) is 47.1 Å². The van der Waals surface area contributed by atoms with Crippen LogP contribution in [0.5, 0.6) is 0 Å². The topological polar surface area (TPSA) is 57.0 Å². The Kier molecular flexibility index (Phi) is 3.09. The van der Waals surface area contributed by atoms with Gasteiger partial charge in [0.2, 0.25) is 0 Å². The highest BCUT2D eigenvalue weighted by atomic mass is 16.3. The van der Waals surface area contributed by atoms with Gasteiger partial charge in [0.05, 0.1) is 12.2 Å². The molecule has 0 bridgehead atoms. The minimum atomic E-state index is -0.0763. The molecule has 2 aromatic heterocycles. The lowest BCUT2D eigenvalue weighted by atomic mass is 10.1. The number of aromatic nitrogens is 2. The van der Waals surface area contributed by atoms with E-state index in [2.05, 4.69) is 5.10 Å². The molecule has 0 saturated heterocycles. The van der Waals surface area contributed by atoms with Gasteiger partial charge in [0.15, 0.2) is 0 Å². The molecule has 2 heterocycles. The van der Waals surface area contributed by atoms with Crippen molar-refractivity contribution in [1.29, 1.82) is 0 Å². The number of hydrogen-bond donors (Lipinski definition) is 1. The Labute approximate surface area is 111 Å². The van der Waals surface area contributed by atoms with E-state index in [1.807, 2.05) is 54.5 Å². The summed E-state index contributed by atoms with van der Waals surface area (Å²) in [7, 11) is 1.92. The van der Waals surface area contributed by atoms with E-state index < -0.39 is 0 Å². The first-order valence-corrected chi connectivity index (χ1v) is 6.44. The molecule has 0 aliphatic heterocycles. The van der Waals surface area contributed by atoms with Gasteiger partial charge in [-0.05, 0) is 30.5 Å². The summed E-state index contributed by atoms with van der Waals surface area (Å²) >= 11 is 0. The first kappa shape index (κ1) is 12.0. The van der Waals surface area contributed by atoms with Crippen LogP contribution in [0.2, 0.25) is 0 Å². The number of furan rings is 1. The first-order valence-electron chi connectivity index (χ1n) is 6.44. The zero-order valence-electron chi connectivity index (χ0n) is 10.9. The van der Waals surface area contributed by atoms with E-state index in [4.69, 9.17) is 10.2 Å². The molecule has 2 N–H and O–H groups in total. The van der Waals surface area contributed by atoms with E-state index in [1.54, 1.807) is 0 Å². The van der Waals surface area contributed by atoms with Crippen molar-refractivity contribution in [2.24, 2.45) is 12.8 Å². The van der Waals surface area contributed by atoms with Gasteiger partial charge in [-0.1, -0.05) is 18.2 Å². The smallest absolute Gasteiger partial charge is 0.134 e. The minimum absolute atomic E-state index is 0.0763. The summed E-state index contributed by atoms with van der Waals surface area (Å²) in [5.74, 6) is 0.852. The highest BCUT2D eigenvalue weighted by molar-refractivity contribution is 5.77. The van der Waals surface area contributed by atoms with Crippen molar-refractivity contribution < 1.29 is 4.42 Å². The van der Waals surface area contributed by atoms with Gasteiger partial charge in [0.25, 0.3) is 0 Å². The Morgan fingerprint density at radius 1 is 1.37 bits per heavy atom. The monoisotopic (exact) mass is 255 g/mol. The van der Waals surface area contributed by atoms with Gasteiger partial charge in [0.1, 0.15) is 11.3 Å². The standard InChI is InChI=1S/C15H17N3O/c1-18-10-11(9-17-18)6-7-13(16)15-8-12-4-2-3-5-14(12)19-15/h2-5,8-10,13H,6-7,16H2,1H3. The number of para-hydroxylation sites is 1. The molecule has 4 heteroatoms. The van der Waals surface area contributed by atoms with Crippen LogP contribution in [-0.4, -0.2) is 9.78 Å². The Balaban J connectivity index is 1.71. The van der Waals surface area contributed by atoms with Crippen LogP contribution in [0.25, 0.3) is 11.0 Å². The van der Waals surface area contributed by atoms with Crippen LogP contribution in [0.1, 0.15) is 23.8 Å². The molecular weight excluding hydrogens is 238 g/mol. The highest BCUT2D eigenvalue weighted by Crippen LogP contribution is 2.24. The maximum atomic E-state index is 6.19. The summed E-state index contributed by atoms with van der Waals surface area (Å²) in [6, 6.07) is 9.93. The second-order valence-electron chi connectivity index (χ2n) is 4.85. The number of aryl methyl sites for hydroxylation is 2. The number of hydrogen-bond acceptors (Lipinski definition) is 3.